The Morgan fingerprint density at radius 3 is 2.17 bits per heavy atom. The number of ether oxygens (including phenoxy) is 2. The van der Waals surface area contributed by atoms with E-state index < -0.39 is 89.0 Å². The molecule has 1 unspecified atom stereocenters. The molecule has 2 aromatic rings. The van der Waals surface area contributed by atoms with E-state index in [2.05, 4.69) is 5.32 Å². The molecule has 1 aliphatic heterocycles. The normalized spacial score (nSPS) is 16.0. The number of likely N-dealkylation sites (tertiary alicyclic amines) is 1. The number of nitrogens with zero attached hydrogens (tertiary/aromatic N) is 1. The van der Waals surface area contributed by atoms with E-state index in [-0.39, 0.29) is 31.0 Å². The van der Waals surface area contributed by atoms with Gasteiger partial charge < -0.3 is 19.7 Å². The van der Waals surface area contributed by atoms with Gasteiger partial charge in [-0.3, -0.25) is 24.0 Å². The van der Waals surface area contributed by atoms with Gasteiger partial charge in [-0.25, -0.2) is 8.78 Å². The van der Waals surface area contributed by atoms with Crippen LogP contribution in [0.2, 0.25) is 0 Å². The Labute approximate surface area is 277 Å². The number of carbonyl (C=O) groups is 5. The number of nitrogens with one attached hydrogen (secondary N) is 1. The average molecular weight is 679 g/mol. The van der Waals surface area contributed by atoms with Crippen LogP contribution in [0, 0.1) is 29.2 Å². The molecule has 48 heavy (non-hydrogen) atoms. The van der Waals surface area contributed by atoms with Crippen LogP contribution < -0.4 is 10.1 Å². The van der Waals surface area contributed by atoms with Gasteiger partial charge in [-0.15, -0.1) is 0 Å². The zero-order valence-electron chi connectivity index (χ0n) is 28.0. The van der Waals surface area contributed by atoms with Gasteiger partial charge in [-0.1, -0.05) is 51.5 Å². The van der Waals surface area contributed by atoms with E-state index in [4.69, 9.17) is 9.47 Å². The zero-order valence-corrected chi connectivity index (χ0v) is 28.0. The van der Waals surface area contributed by atoms with Crippen molar-refractivity contribution < 1.29 is 51.0 Å². The van der Waals surface area contributed by atoms with Crippen LogP contribution in [-0.4, -0.2) is 65.6 Å². The molecular formula is C35H42F4N2O7. The van der Waals surface area contributed by atoms with E-state index in [1.54, 1.807) is 32.9 Å². The highest BCUT2D eigenvalue weighted by Crippen LogP contribution is 2.28. The van der Waals surface area contributed by atoms with Gasteiger partial charge in [-0.2, -0.15) is 8.78 Å². The van der Waals surface area contributed by atoms with Crippen molar-refractivity contribution in [1.82, 2.24) is 10.2 Å². The molecule has 262 valence electrons. The molecule has 2 atom stereocenters. The Bertz CT molecular complexity index is 1520. The van der Waals surface area contributed by atoms with Crippen molar-refractivity contribution in [3.05, 3.63) is 64.7 Å². The third kappa shape index (κ3) is 10.4. The minimum absolute atomic E-state index is 0.0238. The molecule has 1 heterocycles. The van der Waals surface area contributed by atoms with Crippen LogP contribution in [0.4, 0.5) is 17.6 Å². The first kappa shape index (κ1) is 38.2. The third-order valence-electron chi connectivity index (χ3n) is 7.67. The Balaban J connectivity index is 1.76. The van der Waals surface area contributed by atoms with Gasteiger partial charge in [0.15, 0.2) is 23.2 Å². The highest BCUT2D eigenvalue weighted by Gasteiger charge is 2.34. The monoisotopic (exact) mass is 678 g/mol. The summed E-state index contributed by atoms with van der Waals surface area (Å²) in [6.45, 7) is 9.66. The number of carbonyl (C=O) groups excluding carboxylic acids is 5. The number of hydrogen-bond acceptors (Lipinski definition) is 7. The maximum Gasteiger partial charge on any atom is 0.308 e. The molecule has 0 radical (unpaired) electrons. The number of amides is 2. The van der Waals surface area contributed by atoms with E-state index in [0.29, 0.717) is 19.3 Å². The van der Waals surface area contributed by atoms with Crippen molar-refractivity contribution in [2.75, 3.05) is 19.7 Å². The predicted octanol–water partition coefficient (Wildman–Crippen LogP) is 5.15. The lowest BCUT2D eigenvalue weighted by Gasteiger charge is -2.26. The Kier molecular flexibility index (Phi) is 12.5. The van der Waals surface area contributed by atoms with Crippen molar-refractivity contribution in [2.24, 2.45) is 5.92 Å². The summed E-state index contributed by atoms with van der Waals surface area (Å²) >= 11 is 0. The minimum atomic E-state index is -1.87. The number of esters is 1. The molecule has 0 aromatic heterocycles. The van der Waals surface area contributed by atoms with Crippen LogP contribution in [0.3, 0.4) is 0 Å². The number of ketones is 2. The van der Waals surface area contributed by atoms with E-state index in [9.17, 15) is 41.5 Å². The number of Topliss-reactive ketones (excluding diaryl/α,β-unsaturated/α-hetero) is 2. The molecule has 1 N–H and O–H groups in total. The van der Waals surface area contributed by atoms with Crippen LogP contribution in [0.1, 0.15) is 78.4 Å². The lowest BCUT2D eigenvalue weighted by molar-refractivity contribution is -0.156. The minimum Gasteiger partial charge on any atom is -0.479 e. The van der Waals surface area contributed by atoms with Gasteiger partial charge in [0.1, 0.15) is 18.2 Å². The summed E-state index contributed by atoms with van der Waals surface area (Å²) in [4.78, 5) is 67.0. The fourth-order valence-corrected chi connectivity index (χ4v) is 5.38. The second kappa shape index (κ2) is 15.7. The SMILES string of the molecule is CC(C)(C)OC(=O)C[C@H](NC(=O)C1CCCCN(C(=O)C(=O)Cc2ccccc2C(C)(C)C)C1)C(=O)COc1c(F)c(F)cc(F)c1F. The quantitative estimate of drug-likeness (QED) is 0.151. The number of rotatable bonds is 11. The smallest absolute Gasteiger partial charge is 0.308 e. The maximum atomic E-state index is 14.1. The van der Waals surface area contributed by atoms with Crippen LogP contribution in [0.15, 0.2) is 30.3 Å². The number of halogens is 4. The predicted molar refractivity (Wildman–Crippen MR) is 167 cm³/mol. The van der Waals surface area contributed by atoms with Crippen LogP contribution in [0.25, 0.3) is 0 Å². The molecule has 0 spiro atoms. The molecule has 1 saturated heterocycles. The zero-order chi connectivity index (χ0) is 36.0. The number of benzene rings is 2. The van der Waals surface area contributed by atoms with Crippen molar-refractivity contribution in [2.45, 2.75) is 90.7 Å². The topological polar surface area (TPSA) is 119 Å². The summed E-state index contributed by atoms with van der Waals surface area (Å²) < 4.78 is 65.6. The van der Waals surface area contributed by atoms with Crippen LogP contribution >= 0.6 is 0 Å². The standard InChI is InChI=1S/C35H42F4N2O7/c1-34(2,3)22-13-8-7-11-20(22)15-26(42)33(46)41-14-10-9-12-21(18-41)32(45)40-25(17-28(44)48-35(4,5)6)27(43)19-47-31-29(38)23(36)16-24(37)30(31)39/h7-8,11,13,16,21,25H,9-10,12,14-15,17-19H2,1-6H3,(H,40,45)/t21?,25-/m0/s1. The first-order valence-electron chi connectivity index (χ1n) is 15.7. The van der Waals surface area contributed by atoms with Gasteiger partial charge in [-0.05, 0) is 50.2 Å². The van der Waals surface area contributed by atoms with Gasteiger partial charge in [0.25, 0.3) is 5.91 Å². The van der Waals surface area contributed by atoms with Crippen molar-refractivity contribution in [1.29, 1.82) is 0 Å². The molecule has 2 aromatic carbocycles. The van der Waals surface area contributed by atoms with Gasteiger partial charge in [0.05, 0.1) is 12.3 Å². The average Bonchev–Trinajstić information content (AvgIpc) is 3.24. The Morgan fingerprint density at radius 1 is 0.938 bits per heavy atom. The summed E-state index contributed by atoms with van der Waals surface area (Å²) in [6.07, 6.45) is 0.494. The Hall–Kier alpha value is -4.29. The van der Waals surface area contributed by atoms with Gasteiger partial charge in [0, 0.05) is 25.6 Å². The van der Waals surface area contributed by atoms with Crippen LogP contribution in [0.5, 0.6) is 5.75 Å². The molecule has 2 amide bonds. The fraction of sp³-hybridized carbons (Fsp3) is 0.514. The van der Waals surface area contributed by atoms with E-state index in [1.165, 1.54) is 4.90 Å². The van der Waals surface area contributed by atoms with Crippen molar-refractivity contribution >= 4 is 29.4 Å². The molecule has 3 rings (SSSR count). The summed E-state index contributed by atoms with van der Waals surface area (Å²) in [5.41, 5.74) is 0.425. The molecule has 0 saturated carbocycles. The van der Waals surface area contributed by atoms with Gasteiger partial charge >= 0.3 is 5.97 Å². The second-order valence-electron chi connectivity index (χ2n) is 13.9. The lowest BCUT2D eigenvalue weighted by Crippen LogP contribution is -2.49. The maximum absolute atomic E-state index is 14.1. The second-order valence-corrected chi connectivity index (χ2v) is 13.9. The summed E-state index contributed by atoms with van der Waals surface area (Å²) in [5, 5.41) is 2.44. The molecule has 1 aliphatic rings. The molecule has 0 aliphatic carbocycles. The molecular weight excluding hydrogens is 636 g/mol. The molecule has 9 nitrogen and oxygen atoms in total. The van der Waals surface area contributed by atoms with Gasteiger partial charge in [0.2, 0.25) is 23.3 Å². The summed E-state index contributed by atoms with van der Waals surface area (Å²) in [6, 6.07) is 5.70. The van der Waals surface area contributed by atoms with E-state index in [1.807, 2.05) is 32.9 Å². The highest BCUT2D eigenvalue weighted by atomic mass is 19.2. The Morgan fingerprint density at radius 2 is 1.56 bits per heavy atom. The van der Waals surface area contributed by atoms with Crippen molar-refractivity contribution in [3.63, 3.8) is 0 Å². The number of hydrogen-bond donors (Lipinski definition) is 1. The highest BCUT2D eigenvalue weighted by molar-refractivity contribution is 6.36. The third-order valence-corrected chi connectivity index (χ3v) is 7.67. The van der Waals surface area contributed by atoms with Crippen LogP contribution in [-0.2, 0) is 40.5 Å². The fourth-order valence-electron chi connectivity index (χ4n) is 5.38. The molecule has 0 bridgehead atoms. The summed E-state index contributed by atoms with van der Waals surface area (Å²) in [5.74, 6) is -13.7. The largest absolute Gasteiger partial charge is 0.479 e. The first-order chi connectivity index (χ1) is 22.3. The summed E-state index contributed by atoms with van der Waals surface area (Å²) in [7, 11) is 0. The van der Waals surface area contributed by atoms with E-state index >= 15 is 0 Å². The molecule has 13 heteroatoms. The lowest BCUT2D eigenvalue weighted by atomic mass is 9.82. The molecule has 1 fully saturated rings. The van der Waals surface area contributed by atoms with E-state index in [0.717, 1.165) is 11.1 Å². The first-order valence-corrected chi connectivity index (χ1v) is 15.7. The van der Waals surface area contributed by atoms with Crippen molar-refractivity contribution in [3.8, 4) is 5.75 Å².